The third-order valence-corrected chi connectivity index (χ3v) is 3.11. The van der Waals surface area contributed by atoms with Crippen molar-refractivity contribution in [3.63, 3.8) is 0 Å². The number of morpholine rings is 1. The van der Waals surface area contributed by atoms with Crippen molar-refractivity contribution in [2.45, 2.75) is 20.0 Å². The van der Waals surface area contributed by atoms with Crippen LogP contribution in [0.15, 0.2) is 18.2 Å². The van der Waals surface area contributed by atoms with Gasteiger partial charge in [0.25, 0.3) is 0 Å². The topological polar surface area (TPSA) is 21.7 Å². The number of rotatable bonds is 3. The summed E-state index contributed by atoms with van der Waals surface area (Å²) in [4.78, 5) is 2.28. The van der Waals surface area contributed by atoms with Crippen LogP contribution in [0.3, 0.4) is 0 Å². The summed E-state index contributed by atoms with van der Waals surface area (Å²) >= 11 is 0. The number of nitrogens with zero attached hydrogens (tertiary/aromatic N) is 1. The van der Waals surface area contributed by atoms with Gasteiger partial charge in [-0.25, -0.2) is 0 Å². The summed E-state index contributed by atoms with van der Waals surface area (Å²) in [6, 6.07) is 6.29. The fourth-order valence-electron chi connectivity index (χ4n) is 2.01. The fourth-order valence-corrected chi connectivity index (χ4v) is 2.01. The van der Waals surface area contributed by atoms with Crippen LogP contribution in [0.4, 0.5) is 0 Å². The maximum Gasteiger partial charge on any atom is 0.122 e. The number of hydrogen-bond acceptors (Lipinski definition) is 3. The standard InChI is InChI=1S/C14H21NO2/c1-11-4-5-12(2)14(8-11)17-10-13-9-15(3)6-7-16-13/h4-5,8,13H,6-7,9-10H2,1-3H3. The third kappa shape index (κ3) is 3.45. The van der Waals surface area contributed by atoms with Gasteiger partial charge in [-0.3, -0.25) is 0 Å². The molecule has 1 fully saturated rings. The SMILES string of the molecule is Cc1ccc(C)c(OCC2CN(C)CCO2)c1. The van der Waals surface area contributed by atoms with Gasteiger partial charge >= 0.3 is 0 Å². The fraction of sp³-hybridized carbons (Fsp3) is 0.571. The first-order valence-electron chi connectivity index (χ1n) is 6.15. The molecule has 0 aromatic heterocycles. The van der Waals surface area contributed by atoms with Gasteiger partial charge < -0.3 is 14.4 Å². The van der Waals surface area contributed by atoms with Gasteiger partial charge in [0.05, 0.1) is 6.61 Å². The van der Waals surface area contributed by atoms with Crippen LogP contribution >= 0.6 is 0 Å². The first-order chi connectivity index (χ1) is 8.15. The first-order valence-corrected chi connectivity index (χ1v) is 6.15. The van der Waals surface area contributed by atoms with E-state index in [0.29, 0.717) is 6.61 Å². The summed E-state index contributed by atoms with van der Waals surface area (Å²) in [6.07, 6.45) is 0.189. The molecule has 1 atom stereocenters. The van der Waals surface area contributed by atoms with Crippen molar-refractivity contribution in [3.8, 4) is 5.75 Å². The highest BCUT2D eigenvalue weighted by Gasteiger charge is 2.18. The molecule has 2 rings (SSSR count). The largest absolute Gasteiger partial charge is 0.491 e. The van der Waals surface area contributed by atoms with Crippen LogP contribution in [0.25, 0.3) is 0 Å². The van der Waals surface area contributed by atoms with Gasteiger partial charge in [0.15, 0.2) is 0 Å². The third-order valence-electron chi connectivity index (χ3n) is 3.11. The molecule has 1 unspecified atom stereocenters. The lowest BCUT2D eigenvalue weighted by molar-refractivity contribution is -0.0404. The Balaban J connectivity index is 1.90. The van der Waals surface area contributed by atoms with E-state index in [0.717, 1.165) is 25.4 Å². The Kier molecular flexibility index (Phi) is 4.02. The van der Waals surface area contributed by atoms with E-state index in [4.69, 9.17) is 9.47 Å². The van der Waals surface area contributed by atoms with Crippen molar-refractivity contribution >= 4 is 0 Å². The molecule has 1 aliphatic heterocycles. The second-order valence-corrected chi connectivity index (χ2v) is 4.83. The molecule has 0 aliphatic carbocycles. The molecule has 94 valence electrons. The zero-order valence-corrected chi connectivity index (χ0v) is 10.9. The average Bonchev–Trinajstić information content (AvgIpc) is 2.30. The molecular weight excluding hydrogens is 214 g/mol. The van der Waals surface area contributed by atoms with Gasteiger partial charge in [0.2, 0.25) is 0 Å². The zero-order valence-electron chi connectivity index (χ0n) is 10.9. The molecule has 0 spiro atoms. The van der Waals surface area contributed by atoms with Gasteiger partial charge in [-0.15, -0.1) is 0 Å². The van der Waals surface area contributed by atoms with Crippen LogP contribution in [0, 0.1) is 13.8 Å². The highest BCUT2D eigenvalue weighted by Crippen LogP contribution is 2.19. The average molecular weight is 235 g/mol. The predicted molar refractivity (Wildman–Crippen MR) is 68.6 cm³/mol. The van der Waals surface area contributed by atoms with E-state index in [-0.39, 0.29) is 6.10 Å². The first kappa shape index (κ1) is 12.4. The van der Waals surface area contributed by atoms with Gasteiger partial charge in [0, 0.05) is 13.1 Å². The molecule has 3 heteroatoms. The Hall–Kier alpha value is -1.06. The Morgan fingerprint density at radius 1 is 1.41 bits per heavy atom. The van der Waals surface area contributed by atoms with Crippen LogP contribution in [0.2, 0.25) is 0 Å². The van der Waals surface area contributed by atoms with E-state index >= 15 is 0 Å². The zero-order chi connectivity index (χ0) is 12.3. The van der Waals surface area contributed by atoms with Crippen LogP contribution in [0.5, 0.6) is 5.75 Å². The summed E-state index contributed by atoms with van der Waals surface area (Å²) in [5.74, 6) is 0.974. The summed E-state index contributed by atoms with van der Waals surface area (Å²) < 4.78 is 11.5. The summed E-state index contributed by atoms with van der Waals surface area (Å²) in [5.41, 5.74) is 2.41. The summed E-state index contributed by atoms with van der Waals surface area (Å²) in [6.45, 7) is 7.55. The Labute approximate surface area is 103 Å². The Bertz CT molecular complexity index is 378. The molecule has 1 aromatic rings. The monoisotopic (exact) mass is 235 g/mol. The minimum absolute atomic E-state index is 0.189. The second-order valence-electron chi connectivity index (χ2n) is 4.83. The quantitative estimate of drug-likeness (QED) is 0.800. The molecule has 1 heterocycles. The van der Waals surface area contributed by atoms with Gasteiger partial charge in [-0.2, -0.15) is 0 Å². The van der Waals surface area contributed by atoms with E-state index in [2.05, 4.69) is 44.0 Å². The Morgan fingerprint density at radius 2 is 2.24 bits per heavy atom. The number of hydrogen-bond donors (Lipinski definition) is 0. The molecule has 3 nitrogen and oxygen atoms in total. The molecule has 0 bridgehead atoms. The molecule has 1 aromatic carbocycles. The lowest BCUT2D eigenvalue weighted by Crippen LogP contribution is -2.42. The number of ether oxygens (including phenoxy) is 2. The number of aryl methyl sites for hydroxylation is 2. The molecule has 1 aliphatic rings. The van der Waals surface area contributed by atoms with Gasteiger partial charge in [-0.05, 0) is 38.1 Å². The second kappa shape index (κ2) is 5.52. The minimum atomic E-state index is 0.189. The molecule has 0 radical (unpaired) electrons. The van der Waals surface area contributed by atoms with E-state index in [9.17, 15) is 0 Å². The molecule has 0 amide bonds. The van der Waals surface area contributed by atoms with Crippen molar-refractivity contribution in [2.24, 2.45) is 0 Å². The molecule has 1 saturated heterocycles. The molecular formula is C14H21NO2. The van der Waals surface area contributed by atoms with Crippen LogP contribution in [-0.4, -0.2) is 44.4 Å². The summed E-state index contributed by atoms with van der Waals surface area (Å²) in [5, 5.41) is 0. The van der Waals surface area contributed by atoms with E-state index < -0.39 is 0 Å². The Morgan fingerprint density at radius 3 is 3.00 bits per heavy atom. The summed E-state index contributed by atoms with van der Waals surface area (Å²) in [7, 11) is 2.12. The smallest absolute Gasteiger partial charge is 0.122 e. The molecule has 0 N–H and O–H groups in total. The van der Waals surface area contributed by atoms with Crippen molar-refractivity contribution in [2.75, 3.05) is 33.4 Å². The van der Waals surface area contributed by atoms with E-state index in [1.54, 1.807) is 0 Å². The normalized spacial score (nSPS) is 21.5. The van der Waals surface area contributed by atoms with Crippen molar-refractivity contribution in [1.29, 1.82) is 0 Å². The maximum absolute atomic E-state index is 5.85. The van der Waals surface area contributed by atoms with Gasteiger partial charge in [-0.1, -0.05) is 12.1 Å². The van der Waals surface area contributed by atoms with E-state index in [1.165, 1.54) is 11.1 Å². The van der Waals surface area contributed by atoms with Crippen molar-refractivity contribution in [3.05, 3.63) is 29.3 Å². The minimum Gasteiger partial charge on any atom is -0.491 e. The van der Waals surface area contributed by atoms with Crippen LogP contribution in [0.1, 0.15) is 11.1 Å². The lowest BCUT2D eigenvalue weighted by atomic mass is 10.1. The molecule has 0 saturated carbocycles. The van der Waals surface area contributed by atoms with Gasteiger partial charge in [0.1, 0.15) is 18.5 Å². The van der Waals surface area contributed by atoms with E-state index in [1.807, 2.05) is 0 Å². The highest BCUT2D eigenvalue weighted by molar-refractivity contribution is 5.35. The van der Waals surface area contributed by atoms with Crippen LogP contribution in [-0.2, 0) is 4.74 Å². The highest BCUT2D eigenvalue weighted by atomic mass is 16.5. The van der Waals surface area contributed by atoms with Crippen molar-refractivity contribution in [1.82, 2.24) is 4.90 Å². The predicted octanol–water partition coefficient (Wildman–Crippen LogP) is 2.01. The maximum atomic E-state index is 5.85. The molecule has 17 heavy (non-hydrogen) atoms. The lowest BCUT2D eigenvalue weighted by Gasteiger charge is -2.30. The van der Waals surface area contributed by atoms with Crippen LogP contribution < -0.4 is 4.74 Å². The number of likely N-dealkylation sites (N-methyl/N-ethyl adjacent to an activating group) is 1. The van der Waals surface area contributed by atoms with Crippen molar-refractivity contribution < 1.29 is 9.47 Å². The number of benzene rings is 1.